The highest BCUT2D eigenvalue weighted by Crippen LogP contribution is 2.29. The maximum Gasteiger partial charge on any atom is 0.404 e. The van der Waals surface area contributed by atoms with Crippen LogP contribution in [0.2, 0.25) is 0 Å². The normalized spacial score (nSPS) is 18.0. The van der Waals surface area contributed by atoms with E-state index in [0.29, 0.717) is 43.0 Å². The summed E-state index contributed by atoms with van der Waals surface area (Å²) in [5.41, 5.74) is 4.63. The molecule has 278 valence electrons. The summed E-state index contributed by atoms with van der Waals surface area (Å²) in [6.07, 6.45) is 5.61. The molecule has 6 rings (SSSR count). The molecule has 1 aromatic heterocycles. The van der Waals surface area contributed by atoms with Gasteiger partial charge >= 0.3 is 6.09 Å². The Balaban J connectivity index is 1.11. The van der Waals surface area contributed by atoms with E-state index in [-0.39, 0.29) is 36.0 Å². The molecule has 1 saturated heterocycles. The van der Waals surface area contributed by atoms with Crippen LogP contribution in [0, 0.1) is 11.8 Å². The van der Waals surface area contributed by atoms with Crippen LogP contribution in [0.15, 0.2) is 72.8 Å². The fourth-order valence-corrected chi connectivity index (χ4v) is 7.12. The van der Waals surface area contributed by atoms with Crippen molar-refractivity contribution >= 4 is 29.5 Å². The first-order valence-electron chi connectivity index (χ1n) is 18.4. The van der Waals surface area contributed by atoms with Gasteiger partial charge in [0.1, 0.15) is 6.04 Å². The Morgan fingerprint density at radius 2 is 1.58 bits per heavy atom. The van der Waals surface area contributed by atoms with Gasteiger partial charge < -0.3 is 31.3 Å². The molecule has 1 atom stereocenters. The number of hydrogen-bond donors (Lipinski definition) is 6. The molecule has 53 heavy (non-hydrogen) atoms. The Kier molecular flexibility index (Phi) is 12.8. The molecule has 2 heterocycles. The highest BCUT2D eigenvalue weighted by molar-refractivity contribution is 5.98. The molecule has 1 saturated carbocycles. The van der Waals surface area contributed by atoms with E-state index in [1.165, 1.54) is 19.3 Å². The summed E-state index contributed by atoms with van der Waals surface area (Å²) in [4.78, 5) is 53.5. The Bertz CT molecular complexity index is 1820. The first-order chi connectivity index (χ1) is 25.8. The van der Waals surface area contributed by atoms with Crippen LogP contribution in [0.4, 0.5) is 10.5 Å². The van der Waals surface area contributed by atoms with E-state index in [4.69, 9.17) is 5.11 Å². The zero-order valence-corrected chi connectivity index (χ0v) is 29.7. The monoisotopic (exact) mass is 721 g/mol. The predicted octanol–water partition coefficient (Wildman–Crippen LogP) is 4.49. The summed E-state index contributed by atoms with van der Waals surface area (Å²) in [7, 11) is 0. The maximum absolute atomic E-state index is 13.8. The van der Waals surface area contributed by atoms with E-state index in [0.717, 1.165) is 54.7 Å². The molecule has 0 spiro atoms. The fourth-order valence-electron chi connectivity index (χ4n) is 7.12. The van der Waals surface area contributed by atoms with Gasteiger partial charge in [0.15, 0.2) is 5.82 Å². The lowest BCUT2D eigenvalue weighted by atomic mass is 9.81. The van der Waals surface area contributed by atoms with Gasteiger partial charge in [-0.1, -0.05) is 42.8 Å². The molecule has 3 aromatic carbocycles. The van der Waals surface area contributed by atoms with Crippen molar-refractivity contribution in [2.45, 2.75) is 57.4 Å². The van der Waals surface area contributed by atoms with Gasteiger partial charge in [0, 0.05) is 48.8 Å². The van der Waals surface area contributed by atoms with Crippen LogP contribution in [0.3, 0.4) is 0 Å². The number of rotatable bonds is 14. The molecule has 0 radical (unpaired) electrons. The minimum Gasteiger partial charge on any atom is -0.465 e. The lowest BCUT2D eigenvalue weighted by Crippen LogP contribution is -2.48. The van der Waals surface area contributed by atoms with E-state index in [1.807, 2.05) is 48.5 Å². The minimum absolute atomic E-state index is 0.0954. The Morgan fingerprint density at radius 3 is 2.28 bits per heavy atom. The highest BCUT2D eigenvalue weighted by Gasteiger charge is 2.30. The van der Waals surface area contributed by atoms with Crippen LogP contribution in [-0.2, 0) is 16.0 Å². The first kappa shape index (κ1) is 37.1. The summed E-state index contributed by atoms with van der Waals surface area (Å²) in [5, 5.41) is 34.3. The number of tetrazole rings is 1. The molecule has 4 aromatic rings. The third kappa shape index (κ3) is 10.7. The molecule has 1 aliphatic carbocycles. The number of nitrogens with one attached hydrogen (secondary N) is 5. The van der Waals surface area contributed by atoms with Gasteiger partial charge in [-0.15, -0.1) is 5.10 Å². The summed E-state index contributed by atoms with van der Waals surface area (Å²) in [6.45, 7) is 4.03. The van der Waals surface area contributed by atoms with Crippen molar-refractivity contribution in [2.75, 3.05) is 38.0 Å². The van der Waals surface area contributed by atoms with Crippen molar-refractivity contribution in [3.63, 3.8) is 0 Å². The van der Waals surface area contributed by atoms with Crippen molar-refractivity contribution in [3.8, 4) is 22.5 Å². The Hall–Kier alpha value is -5.63. The van der Waals surface area contributed by atoms with Gasteiger partial charge in [0.05, 0.1) is 0 Å². The molecular weight excluding hydrogens is 674 g/mol. The van der Waals surface area contributed by atoms with Crippen molar-refractivity contribution in [1.82, 2.24) is 41.5 Å². The number of carboxylic acid groups (broad SMARTS) is 1. The zero-order valence-electron chi connectivity index (χ0n) is 29.7. The van der Waals surface area contributed by atoms with Crippen LogP contribution in [0.5, 0.6) is 0 Å². The number of aromatic amines is 1. The van der Waals surface area contributed by atoms with Crippen LogP contribution < -0.4 is 21.3 Å². The summed E-state index contributed by atoms with van der Waals surface area (Å²) in [6, 6.07) is 21.5. The quantitative estimate of drug-likeness (QED) is 0.109. The number of nitrogens with zero attached hydrogens (tertiary/aromatic N) is 4. The fraction of sp³-hybridized carbons (Fsp3) is 0.410. The van der Waals surface area contributed by atoms with Crippen LogP contribution in [-0.4, -0.2) is 93.2 Å². The molecule has 2 fully saturated rings. The van der Waals surface area contributed by atoms with E-state index in [1.54, 1.807) is 24.3 Å². The lowest BCUT2D eigenvalue weighted by molar-refractivity contribution is -0.130. The van der Waals surface area contributed by atoms with Crippen molar-refractivity contribution < 1.29 is 24.3 Å². The van der Waals surface area contributed by atoms with Crippen LogP contribution in [0.25, 0.3) is 22.5 Å². The Labute approximate surface area is 308 Å². The number of aromatic nitrogens is 4. The van der Waals surface area contributed by atoms with Crippen molar-refractivity contribution in [2.24, 2.45) is 11.8 Å². The number of anilines is 1. The molecule has 0 bridgehead atoms. The maximum atomic E-state index is 13.8. The standard InChI is InChI=1S/C39H47N9O5/c49-36(40-19-22-48-20-2-1-3-21-48)30-13-11-28(12-14-30)32-6-4-5-27(23-32)24-34(43-37(50)31-9-7-26(8-10-31)25-41-39(52)53)38(51)42-33-17-15-29(16-18-33)35-44-46-47-45-35/h4-6,11-18,23,26,31,34,41H,1-3,7-10,19-22,24-25H2,(H,40,49)(H,42,51)(H,43,50)(H,52,53)(H,44,45,46,47)/t26-,31-,34-/m0/s1. The van der Waals surface area contributed by atoms with Crippen molar-refractivity contribution in [3.05, 3.63) is 83.9 Å². The second-order valence-corrected chi connectivity index (χ2v) is 13.9. The van der Waals surface area contributed by atoms with E-state index >= 15 is 0 Å². The molecule has 0 unspecified atom stereocenters. The second-order valence-electron chi connectivity index (χ2n) is 13.9. The van der Waals surface area contributed by atoms with Gasteiger partial charge in [-0.05, 0) is 121 Å². The van der Waals surface area contributed by atoms with E-state index in [2.05, 4.69) is 46.8 Å². The smallest absolute Gasteiger partial charge is 0.404 e. The van der Waals surface area contributed by atoms with Crippen molar-refractivity contribution in [1.29, 1.82) is 0 Å². The van der Waals surface area contributed by atoms with Gasteiger partial charge in [0.2, 0.25) is 11.8 Å². The predicted molar refractivity (Wildman–Crippen MR) is 200 cm³/mol. The van der Waals surface area contributed by atoms with Crippen LogP contribution in [0.1, 0.15) is 60.9 Å². The number of likely N-dealkylation sites (tertiary alicyclic amines) is 1. The number of carbonyl (C=O) groups excluding carboxylic acids is 3. The molecule has 2 aliphatic rings. The van der Waals surface area contributed by atoms with E-state index in [9.17, 15) is 19.2 Å². The van der Waals surface area contributed by atoms with E-state index < -0.39 is 12.1 Å². The van der Waals surface area contributed by atoms with Gasteiger partial charge in [0.25, 0.3) is 5.91 Å². The summed E-state index contributed by atoms with van der Waals surface area (Å²) < 4.78 is 0. The third-order valence-corrected chi connectivity index (χ3v) is 10.2. The van der Waals surface area contributed by atoms with Crippen LogP contribution >= 0.6 is 0 Å². The summed E-state index contributed by atoms with van der Waals surface area (Å²) in [5.74, 6) is -0.227. The molecule has 4 amide bonds. The van der Waals surface area contributed by atoms with Gasteiger partial charge in [-0.2, -0.15) is 0 Å². The largest absolute Gasteiger partial charge is 0.465 e. The third-order valence-electron chi connectivity index (χ3n) is 10.2. The lowest BCUT2D eigenvalue weighted by Gasteiger charge is -2.29. The molecule has 14 nitrogen and oxygen atoms in total. The second kappa shape index (κ2) is 18.2. The zero-order chi connectivity index (χ0) is 37.0. The minimum atomic E-state index is -1.05. The number of hydrogen-bond acceptors (Lipinski definition) is 8. The Morgan fingerprint density at radius 1 is 0.849 bits per heavy atom. The number of benzene rings is 3. The number of piperidine rings is 1. The highest BCUT2D eigenvalue weighted by atomic mass is 16.4. The molecule has 1 aliphatic heterocycles. The average molecular weight is 722 g/mol. The topological polar surface area (TPSA) is 194 Å². The number of H-pyrrole nitrogens is 1. The number of carbonyl (C=O) groups is 4. The SMILES string of the molecule is O=C(O)NC[C@H]1CC[C@H](C(=O)N[C@@H](Cc2cccc(-c3ccc(C(=O)NCCN4CCCCC4)cc3)c2)C(=O)Nc2ccc(-c3nnn[nH]3)cc2)CC1. The average Bonchev–Trinajstić information content (AvgIpc) is 3.73. The summed E-state index contributed by atoms with van der Waals surface area (Å²) >= 11 is 0. The molecule has 14 heteroatoms. The first-order valence-corrected chi connectivity index (χ1v) is 18.4. The molecular formula is C39H47N9O5. The van der Waals surface area contributed by atoms with Gasteiger partial charge in [-0.25, -0.2) is 9.89 Å². The molecule has 6 N–H and O–H groups in total. The van der Waals surface area contributed by atoms with Gasteiger partial charge in [-0.3, -0.25) is 14.4 Å². The number of amides is 4.